The summed E-state index contributed by atoms with van der Waals surface area (Å²) in [6, 6.07) is 4.17. The maximum absolute atomic E-state index is 13.0. The van der Waals surface area contributed by atoms with E-state index in [9.17, 15) is 18.0 Å². The molecule has 0 saturated heterocycles. The molecule has 8 heteroatoms. The standard InChI is InChI=1S/C12H8ClF3N2O2/c1-20-10-6-9(18-11(19)3-2-4-17-18)7(5-8(10)13)12(14,15)16/h2-6H,1H3. The number of hydrogen-bond acceptors (Lipinski definition) is 3. The third-order valence-corrected chi connectivity index (χ3v) is 2.81. The molecule has 0 atom stereocenters. The zero-order chi connectivity index (χ0) is 14.9. The molecule has 0 saturated carbocycles. The van der Waals surface area contributed by atoms with E-state index >= 15 is 0 Å². The van der Waals surface area contributed by atoms with E-state index in [0.717, 1.165) is 12.1 Å². The number of alkyl halides is 3. The van der Waals surface area contributed by atoms with Crippen LogP contribution in [-0.4, -0.2) is 16.9 Å². The minimum atomic E-state index is -4.68. The molecule has 0 aliphatic heterocycles. The average Bonchev–Trinajstić information content (AvgIpc) is 2.38. The molecule has 0 unspecified atom stereocenters. The zero-order valence-electron chi connectivity index (χ0n) is 10.1. The topological polar surface area (TPSA) is 44.1 Å². The zero-order valence-corrected chi connectivity index (χ0v) is 10.9. The van der Waals surface area contributed by atoms with E-state index in [-0.39, 0.29) is 10.8 Å². The first-order valence-corrected chi connectivity index (χ1v) is 5.72. The molecule has 0 amide bonds. The van der Waals surface area contributed by atoms with Crippen LogP contribution in [0.5, 0.6) is 5.75 Å². The van der Waals surface area contributed by atoms with E-state index in [1.54, 1.807) is 0 Å². The number of methoxy groups -OCH3 is 1. The predicted octanol–water partition coefficient (Wildman–Crippen LogP) is 2.91. The summed E-state index contributed by atoms with van der Waals surface area (Å²) < 4.78 is 44.6. The van der Waals surface area contributed by atoms with Crippen LogP contribution >= 0.6 is 11.6 Å². The molecule has 2 rings (SSSR count). The van der Waals surface area contributed by atoms with Gasteiger partial charge in [0.2, 0.25) is 0 Å². The van der Waals surface area contributed by atoms with Crippen LogP contribution in [0, 0.1) is 0 Å². The number of hydrogen-bond donors (Lipinski definition) is 0. The van der Waals surface area contributed by atoms with Gasteiger partial charge in [0.05, 0.1) is 23.4 Å². The minimum absolute atomic E-state index is 0.0206. The Bertz CT molecular complexity index is 698. The molecular weight excluding hydrogens is 297 g/mol. The van der Waals surface area contributed by atoms with Crippen molar-refractivity contribution in [3.8, 4) is 11.4 Å². The van der Waals surface area contributed by atoms with Crippen molar-refractivity contribution in [2.75, 3.05) is 7.11 Å². The average molecular weight is 305 g/mol. The molecule has 106 valence electrons. The predicted molar refractivity (Wildman–Crippen MR) is 66.4 cm³/mol. The van der Waals surface area contributed by atoms with E-state index in [1.165, 1.54) is 19.4 Å². The number of ether oxygens (including phenoxy) is 1. The van der Waals surface area contributed by atoms with E-state index in [0.29, 0.717) is 10.7 Å². The number of rotatable bonds is 2. The Morgan fingerprint density at radius 2 is 2.05 bits per heavy atom. The van der Waals surface area contributed by atoms with Crippen LogP contribution < -0.4 is 10.3 Å². The molecule has 1 aromatic heterocycles. The Morgan fingerprint density at radius 3 is 2.60 bits per heavy atom. The van der Waals surface area contributed by atoms with E-state index in [4.69, 9.17) is 16.3 Å². The SMILES string of the molecule is COc1cc(-n2ncccc2=O)c(C(F)(F)F)cc1Cl. The summed E-state index contributed by atoms with van der Waals surface area (Å²) in [4.78, 5) is 11.6. The van der Waals surface area contributed by atoms with Gasteiger partial charge in [0.25, 0.3) is 5.56 Å². The Morgan fingerprint density at radius 1 is 1.35 bits per heavy atom. The highest BCUT2D eigenvalue weighted by atomic mass is 35.5. The summed E-state index contributed by atoms with van der Waals surface area (Å²) in [7, 11) is 1.26. The fourth-order valence-corrected chi connectivity index (χ4v) is 1.88. The van der Waals surface area contributed by atoms with Crippen LogP contribution in [-0.2, 0) is 6.18 Å². The lowest BCUT2D eigenvalue weighted by molar-refractivity contribution is -0.137. The lowest BCUT2D eigenvalue weighted by atomic mass is 10.1. The fourth-order valence-electron chi connectivity index (χ4n) is 1.64. The largest absolute Gasteiger partial charge is 0.495 e. The maximum Gasteiger partial charge on any atom is 0.418 e. The summed E-state index contributed by atoms with van der Waals surface area (Å²) in [6.45, 7) is 0. The second kappa shape index (κ2) is 5.16. The van der Waals surface area contributed by atoms with E-state index < -0.39 is 23.0 Å². The van der Waals surface area contributed by atoms with Gasteiger partial charge in [-0.2, -0.15) is 23.0 Å². The summed E-state index contributed by atoms with van der Waals surface area (Å²) in [5, 5.41) is 3.43. The van der Waals surface area contributed by atoms with Gasteiger partial charge in [-0.3, -0.25) is 4.79 Å². The Labute approximate surface area is 116 Å². The summed E-state index contributed by atoms with van der Waals surface area (Å²) in [6.07, 6.45) is -3.47. The first-order chi connectivity index (χ1) is 9.34. The normalized spacial score (nSPS) is 11.4. The molecule has 0 spiro atoms. The van der Waals surface area contributed by atoms with Crippen LogP contribution in [0.1, 0.15) is 5.56 Å². The van der Waals surface area contributed by atoms with Gasteiger partial charge < -0.3 is 4.74 Å². The Hall–Kier alpha value is -2.02. The van der Waals surface area contributed by atoms with Crippen molar-refractivity contribution in [1.29, 1.82) is 0 Å². The monoisotopic (exact) mass is 304 g/mol. The summed E-state index contributed by atoms with van der Waals surface area (Å²) >= 11 is 5.70. The number of halogens is 4. The van der Waals surface area contributed by atoms with Crippen molar-refractivity contribution in [3.05, 3.63) is 51.4 Å². The van der Waals surface area contributed by atoms with Crippen LogP contribution in [0.3, 0.4) is 0 Å². The lowest BCUT2D eigenvalue weighted by Crippen LogP contribution is -2.23. The second-order valence-corrected chi connectivity index (χ2v) is 4.18. The molecule has 2 aromatic rings. The van der Waals surface area contributed by atoms with Crippen LogP contribution in [0.4, 0.5) is 13.2 Å². The van der Waals surface area contributed by atoms with Crippen LogP contribution in [0.25, 0.3) is 5.69 Å². The van der Waals surface area contributed by atoms with Crippen molar-refractivity contribution in [3.63, 3.8) is 0 Å². The smallest absolute Gasteiger partial charge is 0.418 e. The molecule has 0 N–H and O–H groups in total. The van der Waals surface area contributed by atoms with Crippen molar-refractivity contribution in [2.24, 2.45) is 0 Å². The molecule has 4 nitrogen and oxygen atoms in total. The highest BCUT2D eigenvalue weighted by molar-refractivity contribution is 6.32. The highest BCUT2D eigenvalue weighted by Gasteiger charge is 2.35. The van der Waals surface area contributed by atoms with Gasteiger partial charge in [0, 0.05) is 18.3 Å². The highest BCUT2D eigenvalue weighted by Crippen LogP contribution is 2.38. The lowest BCUT2D eigenvalue weighted by Gasteiger charge is -2.15. The van der Waals surface area contributed by atoms with Gasteiger partial charge in [-0.1, -0.05) is 11.6 Å². The third kappa shape index (κ3) is 2.62. The van der Waals surface area contributed by atoms with Gasteiger partial charge in [-0.05, 0) is 12.1 Å². The van der Waals surface area contributed by atoms with Crippen molar-refractivity contribution in [2.45, 2.75) is 6.18 Å². The fraction of sp³-hybridized carbons (Fsp3) is 0.167. The molecule has 1 aromatic carbocycles. The third-order valence-electron chi connectivity index (χ3n) is 2.52. The van der Waals surface area contributed by atoms with Gasteiger partial charge in [0.15, 0.2) is 0 Å². The summed E-state index contributed by atoms with van der Waals surface area (Å²) in [5.74, 6) is 0.0206. The van der Waals surface area contributed by atoms with E-state index in [2.05, 4.69) is 5.10 Å². The van der Waals surface area contributed by atoms with Gasteiger partial charge in [-0.25, -0.2) is 0 Å². The second-order valence-electron chi connectivity index (χ2n) is 3.78. The molecule has 0 aliphatic carbocycles. The first-order valence-electron chi connectivity index (χ1n) is 5.34. The molecule has 1 heterocycles. The van der Waals surface area contributed by atoms with Gasteiger partial charge >= 0.3 is 6.18 Å². The molecule has 0 aliphatic rings. The number of aromatic nitrogens is 2. The Balaban J connectivity index is 2.80. The van der Waals surface area contributed by atoms with Crippen molar-refractivity contribution < 1.29 is 17.9 Å². The quantitative estimate of drug-likeness (QED) is 0.857. The molecule has 0 radical (unpaired) electrons. The molecule has 20 heavy (non-hydrogen) atoms. The minimum Gasteiger partial charge on any atom is -0.495 e. The first kappa shape index (κ1) is 14.4. The van der Waals surface area contributed by atoms with E-state index in [1.807, 2.05) is 0 Å². The molecule has 0 fully saturated rings. The van der Waals surface area contributed by atoms with Gasteiger partial charge in [-0.15, -0.1) is 0 Å². The van der Waals surface area contributed by atoms with Crippen molar-refractivity contribution >= 4 is 11.6 Å². The van der Waals surface area contributed by atoms with Crippen LogP contribution in [0.15, 0.2) is 35.3 Å². The van der Waals surface area contributed by atoms with Crippen LogP contribution in [0.2, 0.25) is 5.02 Å². The summed E-state index contributed by atoms with van der Waals surface area (Å²) in [5.41, 5.74) is -2.20. The maximum atomic E-state index is 13.0. The molecule has 0 bridgehead atoms. The van der Waals surface area contributed by atoms with Gasteiger partial charge in [0.1, 0.15) is 5.75 Å². The van der Waals surface area contributed by atoms with Crippen molar-refractivity contribution in [1.82, 2.24) is 9.78 Å². The Kier molecular flexibility index (Phi) is 3.71. The molecular formula is C12H8ClF3N2O2. The number of nitrogens with zero attached hydrogens (tertiary/aromatic N) is 2. The number of benzene rings is 1.